The molecule has 2 saturated carbocycles. The zero-order chi connectivity index (χ0) is 16.8. The van der Waals surface area contributed by atoms with E-state index in [2.05, 4.69) is 10.1 Å². The van der Waals surface area contributed by atoms with Crippen LogP contribution in [-0.2, 0) is 0 Å². The summed E-state index contributed by atoms with van der Waals surface area (Å²) in [5, 5.41) is 4.56. The average molecular weight is 350 g/mol. The molecule has 24 heavy (non-hydrogen) atoms. The first kappa shape index (κ1) is 15.7. The van der Waals surface area contributed by atoms with Gasteiger partial charge in [0, 0.05) is 11.6 Å². The lowest BCUT2D eigenvalue weighted by Crippen LogP contribution is -2.34. The van der Waals surface area contributed by atoms with Crippen molar-refractivity contribution in [2.45, 2.75) is 31.2 Å². The third kappa shape index (κ3) is 2.36. The molecule has 2 aliphatic carbocycles. The van der Waals surface area contributed by atoms with Crippen LogP contribution < -0.4 is 15.2 Å². The lowest BCUT2D eigenvalue weighted by atomic mass is 9.85. The Bertz CT molecular complexity index is 762. The van der Waals surface area contributed by atoms with E-state index in [0.717, 1.165) is 5.56 Å². The standard InChI is InChI=1S/C17H20ClN3O3/c1-22-12-7-10(6-11(18)15(12)23-2)16-20-17(24-21-16)13-8-3-4-9(5-8)14(13)19/h6-9,13-14H,3-5,19H2,1-2H3. The molecule has 1 aromatic carbocycles. The van der Waals surface area contributed by atoms with E-state index in [9.17, 15) is 0 Å². The van der Waals surface area contributed by atoms with Crippen LogP contribution in [0.3, 0.4) is 0 Å². The topological polar surface area (TPSA) is 83.4 Å². The molecule has 0 spiro atoms. The number of nitrogens with zero attached hydrogens (tertiary/aromatic N) is 2. The van der Waals surface area contributed by atoms with E-state index in [1.54, 1.807) is 26.4 Å². The molecule has 0 amide bonds. The van der Waals surface area contributed by atoms with Gasteiger partial charge in [-0.1, -0.05) is 16.8 Å². The van der Waals surface area contributed by atoms with Crippen LogP contribution >= 0.6 is 11.6 Å². The summed E-state index contributed by atoms with van der Waals surface area (Å²) >= 11 is 6.26. The molecule has 128 valence electrons. The van der Waals surface area contributed by atoms with Crippen molar-refractivity contribution in [3.63, 3.8) is 0 Å². The summed E-state index contributed by atoms with van der Waals surface area (Å²) in [6, 6.07) is 3.66. The van der Waals surface area contributed by atoms with Crippen molar-refractivity contribution in [2.75, 3.05) is 14.2 Å². The Kier molecular flexibility index (Phi) is 3.89. The number of methoxy groups -OCH3 is 2. The zero-order valence-corrected chi connectivity index (χ0v) is 14.4. The lowest BCUT2D eigenvalue weighted by Gasteiger charge is -2.24. The minimum atomic E-state index is 0.117. The van der Waals surface area contributed by atoms with Gasteiger partial charge in [0.05, 0.1) is 25.2 Å². The van der Waals surface area contributed by atoms with Crippen molar-refractivity contribution in [3.05, 3.63) is 23.0 Å². The van der Waals surface area contributed by atoms with Crippen LogP contribution in [0.2, 0.25) is 5.02 Å². The number of rotatable bonds is 4. The number of aromatic nitrogens is 2. The fourth-order valence-corrected chi connectivity index (χ4v) is 4.52. The minimum Gasteiger partial charge on any atom is -0.493 e. The van der Waals surface area contributed by atoms with Crippen LogP contribution in [0.4, 0.5) is 0 Å². The lowest BCUT2D eigenvalue weighted by molar-refractivity contribution is 0.279. The average Bonchev–Trinajstić information content (AvgIpc) is 3.29. The molecule has 2 aliphatic rings. The number of nitrogens with two attached hydrogens (primary N) is 1. The minimum absolute atomic E-state index is 0.117. The van der Waals surface area contributed by atoms with E-state index in [4.69, 9.17) is 31.3 Å². The summed E-state index contributed by atoms with van der Waals surface area (Å²) in [6.07, 6.45) is 3.59. The SMILES string of the molecule is COc1cc(-c2noc(C3C4CCC(C4)C3N)n2)cc(Cl)c1OC. The highest BCUT2D eigenvalue weighted by Crippen LogP contribution is 2.52. The van der Waals surface area contributed by atoms with Gasteiger partial charge in [-0.15, -0.1) is 0 Å². The third-order valence-electron chi connectivity index (χ3n) is 5.40. The Morgan fingerprint density at radius 2 is 2.00 bits per heavy atom. The quantitative estimate of drug-likeness (QED) is 0.912. The molecule has 2 fully saturated rings. The van der Waals surface area contributed by atoms with Crippen LogP contribution in [0.1, 0.15) is 31.1 Å². The maximum Gasteiger partial charge on any atom is 0.231 e. The second kappa shape index (κ2) is 5.93. The van der Waals surface area contributed by atoms with Crippen LogP contribution in [0.25, 0.3) is 11.4 Å². The molecule has 2 aromatic rings. The van der Waals surface area contributed by atoms with Gasteiger partial charge in [-0.2, -0.15) is 4.98 Å². The van der Waals surface area contributed by atoms with Gasteiger partial charge in [0.15, 0.2) is 11.5 Å². The Morgan fingerprint density at radius 1 is 1.21 bits per heavy atom. The summed E-state index contributed by atoms with van der Waals surface area (Å²) in [4.78, 5) is 4.59. The number of hydrogen-bond acceptors (Lipinski definition) is 6. The number of hydrogen-bond donors (Lipinski definition) is 1. The first-order valence-corrected chi connectivity index (χ1v) is 8.51. The predicted molar refractivity (Wildman–Crippen MR) is 89.4 cm³/mol. The van der Waals surface area contributed by atoms with Crippen molar-refractivity contribution in [2.24, 2.45) is 17.6 Å². The second-order valence-corrected chi connectivity index (χ2v) is 6.99. The van der Waals surface area contributed by atoms with E-state index >= 15 is 0 Å². The number of halogens is 1. The second-order valence-electron chi connectivity index (χ2n) is 6.59. The molecule has 6 nitrogen and oxygen atoms in total. The van der Waals surface area contributed by atoms with Crippen molar-refractivity contribution in [3.8, 4) is 22.9 Å². The summed E-state index contributed by atoms with van der Waals surface area (Å²) in [5.74, 6) is 3.46. The molecule has 0 radical (unpaired) electrons. The van der Waals surface area contributed by atoms with Gasteiger partial charge in [-0.25, -0.2) is 0 Å². The van der Waals surface area contributed by atoms with Crippen LogP contribution in [-0.4, -0.2) is 30.4 Å². The van der Waals surface area contributed by atoms with Gasteiger partial charge in [0.25, 0.3) is 0 Å². The van der Waals surface area contributed by atoms with Gasteiger partial charge in [0.2, 0.25) is 11.7 Å². The molecule has 4 unspecified atom stereocenters. The molecule has 2 bridgehead atoms. The maximum absolute atomic E-state index is 6.37. The van der Waals surface area contributed by atoms with E-state index in [1.807, 2.05) is 0 Å². The van der Waals surface area contributed by atoms with Gasteiger partial charge < -0.3 is 19.7 Å². The predicted octanol–water partition coefficient (Wildman–Crippen LogP) is 3.25. The summed E-state index contributed by atoms with van der Waals surface area (Å²) in [6.45, 7) is 0. The third-order valence-corrected chi connectivity index (χ3v) is 5.68. The highest BCUT2D eigenvalue weighted by Gasteiger charge is 2.48. The first-order chi connectivity index (χ1) is 11.6. The van der Waals surface area contributed by atoms with Crippen molar-refractivity contribution in [1.82, 2.24) is 10.1 Å². The summed E-state index contributed by atoms with van der Waals surface area (Å²) in [5.41, 5.74) is 7.09. The molecule has 0 saturated heterocycles. The smallest absolute Gasteiger partial charge is 0.231 e. The van der Waals surface area contributed by atoms with Gasteiger partial charge in [-0.3, -0.25) is 0 Å². The Hall–Kier alpha value is -1.79. The van der Waals surface area contributed by atoms with Gasteiger partial charge in [-0.05, 0) is 43.2 Å². The Balaban J connectivity index is 1.67. The molecular formula is C17H20ClN3O3. The highest BCUT2D eigenvalue weighted by molar-refractivity contribution is 6.32. The van der Waals surface area contributed by atoms with E-state index in [-0.39, 0.29) is 12.0 Å². The number of benzene rings is 1. The Morgan fingerprint density at radius 3 is 2.67 bits per heavy atom. The van der Waals surface area contributed by atoms with Crippen LogP contribution in [0, 0.1) is 11.8 Å². The summed E-state index contributed by atoms with van der Waals surface area (Å²) < 4.78 is 16.1. The van der Waals surface area contributed by atoms with Crippen LogP contribution in [0.15, 0.2) is 16.7 Å². The summed E-state index contributed by atoms with van der Waals surface area (Å²) in [7, 11) is 3.11. The highest BCUT2D eigenvalue weighted by atomic mass is 35.5. The molecule has 4 atom stereocenters. The fourth-order valence-electron chi connectivity index (χ4n) is 4.24. The maximum atomic E-state index is 6.37. The molecule has 7 heteroatoms. The van der Waals surface area contributed by atoms with Gasteiger partial charge >= 0.3 is 0 Å². The molecule has 2 N–H and O–H groups in total. The van der Waals surface area contributed by atoms with E-state index in [0.29, 0.717) is 40.1 Å². The number of ether oxygens (including phenoxy) is 2. The van der Waals surface area contributed by atoms with E-state index in [1.165, 1.54) is 19.3 Å². The Labute approximate surface area is 145 Å². The van der Waals surface area contributed by atoms with Crippen molar-refractivity contribution in [1.29, 1.82) is 0 Å². The largest absolute Gasteiger partial charge is 0.493 e. The van der Waals surface area contributed by atoms with Crippen molar-refractivity contribution >= 4 is 11.6 Å². The molecule has 1 aromatic heterocycles. The molecular weight excluding hydrogens is 330 g/mol. The molecule has 0 aliphatic heterocycles. The van der Waals surface area contributed by atoms with Crippen molar-refractivity contribution < 1.29 is 14.0 Å². The molecule has 1 heterocycles. The normalized spacial score (nSPS) is 28.3. The zero-order valence-electron chi connectivity index (χ0n) is 13.7. The van der Waals surface area contributed by atoms with Gasteiger partial charge in [0.1, 0.15) is 0 Å². The molecule has 4 rings (SSSR count). The van der Waals surface area contributed by atoms with Crippen LogP contribution in [0.5, 0.6) is 11.5 Å². The first-order valence-electron chi connectivity index (χ1n) is 8.13. The number of fused-ring (bicyclic) bond motifs is 2. The fraction of sp³-hybridized carbons (Fsp3) is 0.529. The monoisotopic (exact) mass is 349 g/mol. The van der Waals surface area contributed by atoms with E-state index < -0.39 is 0 Å².